The zero-order valence-electron chi connectivity index (χ0n) is 51.2. The normalized spacial score (nSPS) is 14.2. The number of rotatable bonds is 6. The molecular formula is C68H54N4O. The molecule has 0 atom stereocenters. The first-order chi connectivity index (χ1) is 39.6. The number of benzene rings is 9. The van der Waals surface area contributed by atoms with Crippen molar-refractivity contribution in [3.05, 3.63) is 236 Å². The zero-order chi connectivity index (χ0) is 58.3. The molecule has 4 heterocycles. The number of hydrogen-bond donors (Lipinski definition) is 0. The molecule has 0 aliphatic carbocycles. The summed E-state index contributed by atoms with van der Waals surface area (Å²) in [5, 5.41) is 2.10. The number of pyridine rings is 1. The Hall–Kier alpha value is -8.80. The van der Waals surface area contributed by atoms with E-state index in [2.05, 4.69) is 101 Å². The minimum atomic E-state index is -0.513. The Morgan fingerprint density at radius 1 is 0.479 bits per heavy atom. The van der Waals surface area contributed by atoms with Gasteiger partial charge < -0.3 is 4.74 Å². The van der Waals surface area contributed by atoms with E-state index in [9.17, 15) is 5.48 Å². The average molecular weight is 953 g/mol. The molecule has 0 radical (unpaired) electrons. The first kappa shape index (κ1) is 34.5. The second-order valence-corrected chi connectivity index (χ2v) is 20.7. The van der Waals surface area contributed by atoms with Crippen molar-refractivity contribution in [3.8, 4) is 84.3 Å². The molecule has 352 valence electrons. The summed E-state index contributed by atoms with van der Waals surface area (Å²) in [5.74, 6) is 1.83. The molecule has 9 aromatic carbocycles. The average Bonchev–Trinajstić information content (AvgIpc) is 2.32. The van der Waals surface area contributed by atoms with Crippen LogP contribution in [0.1, 0.15) is 66.4 Å². The second kappa shape index (κ2) is 16.9. The minimum absolute atomic E-state index is 0.00123. The van der Waals surface area contributed by atoms with Gasteiger partial charge in [0.15, 0.2) is 0 Å². The van der Waals surface area contributed by atoms with Crippen LogP contribution in [0.25, 0.3) is 106 Å². The van der Waals surface area contributed by atoms with Crippen molar-refractivity contribution in [2.45, 2.75) is 52.4 Å². The highest BCUT2D eigenvalue weighted by Gasteiger charge is 2.29. The molecule has 1 aliphatic rings. The van der Waals surface area contributed by atoms with Crippen LogP contribution in [0, 0.1) is 6.33 Å². The molecule has 0 bridgehead atoms. The summed E-state index contributed by atoms with van der Waals surface area (Å²) in [4.78, 5) is 4.88. The number of imidazole rings is 1. The van der Waals surface area contributed by atoms with Gasteiger partial charge >= 0.3 is 0 Å². The van der Waals surface area contributed by atoms with Gasteiger partial charge in [-0.15, -0.1) is 0 Å². The van der Waals surface area contributed by atoms with Crippen molar-refractivity contribution in [1.82, 2.24) is 14.1 Å². The van der Waals surface area contributed by atoms with Gasteiger partial charge in [-0.2, -0.15) is 0 Å². The number of ether oxygens (including phenoxy) is 1. The monoisotopic (exact) mass is 952 g/mol. The Balaban J connectivity index is 1.11. The molecule has 0 unspecified atom stereocenters. The van der Waals surface area contributed by atoms with E-state index < -0.39 is 36.3 Å². The summed E-state index contributed by atoms with van der Waals surface area (Å²) in [5.41, 5.74) is 11.1. The van der Waals surface area contributed by atoms with Crippen molar-refractivity contribution in [2.24, 2.45) is 0 Å². The number of aromatic nitrogens is 4. The van der Waals surface area contributed by atoms with E-state index in [0.29, 0.717) is 56.2 Å². The van der Waals surface area contributed by atoms with Crippen LogP contribution in [0.3, 0.4) is 0 Å². The van der Waals surface area contributed by atoms with Gasteiger partial charge in [0, 0.05) is 23.0 Å². The van der Waals surface area contributed by atoms with Crippen LogP contribution in [-0.2, 0) is 10.8 Å². The maximum atomic E-state index is 9.42. The zero-order valence-corrected chi connectivity index (χ0v) is 41.2. The predicted molar refractivity (Wildman–Crippen MR) is 300 cm³/mol. The maximum Gasteiger partial charge on any atom is 0.269 e. The van der Waals surface area contributed by atoms with Crippen molar-refractivity contribution >= 4 is 32.8 Å². The third-order valence-corrected chi connectivity index (χ3v) is 14.1. The Kier molecular flexibility index (Phi) is 8.00. The summed E-state index contributed by atoms with van der Waals surface area (Å²) >= 11 is 0. The van der Waals surface area contributed by atoms with Crippen molar-refractivity contribution in [2.75, 3.05) is 0 Å². The molecule has 0 saturated heterocycles. The topological polar surface area (TPSA) is 35.9 Å². The Morgan fingerprint density at radius 2 is 1.12 bits per heavy atom. The lowest BCUT2D eigenvalue weighted by Crippen LogP contribution is -2.32. The van der Waals surface area contributed by atoms with Crippen molar-refractivity contribution in [3.63, 3.8) is 0 Å². The molecule has 0 N–H and O–H groups in total. The summed E-state index contributed by atoms with van der Waals surface area (Å²) in [6.07, 6.45) is 5.58. The van der Waals surface area contributed by atoms with Gasteiger partial charge in [0.2, 0.25) is 0 Å². The van der Waals surface area contributed by atoms with E-state index in [1.807, 2.05) is 106 Å². The van der Waals surface area contributed by atoms with Gasteiger partial charge in [0.25, 0.3) is 6.33 Å². The molecule has 0 fully saturated rings. The highest BCUT2D eigenvalue weighted by Crippen LogP contribution is 2.47. The molecule has 1 aliphatic heterocycles. The van der Waals surface area contributed by atoms with E-state index in [1.54, 1.807) is 12.1 Å². The van der Waals surface area contributed by atoms with E-state index in [4.69, 9.17) is 17.9 Å². The molecule has 0 spiro atoms. The number of hydrogen-bond acceptors (Lipinski definition) is 2. The Labute approximate surface area is 440 Å². The van der Waals surface area contributed by atoms with Gasteiger partial charge in [-0.05, 0) is 132 Å². The minimum Gasteiger partial charge on any atom is -0.458 e. The van der Waals surface area contributed by atoms with Crippen LogP contribution in [0.15, 0.2) is 218 Å². The lowest BCUT2D eigenvalue weighted by Gasteiger charge is -2.24. The van der Waals surface area contributed by atoms with E-state index in [-0.39, 0.29) is 46.1 Å². The largest absolute Gasteiger partial charge is 0.458 e. The van der Waals surface area contributed by atoms with Gasteiger partial charge in [0.1, 0.15) is 17.3 Å². The predicted octanol–water partition coefficient (Wildman–Crippen LogP) is 17.2. The lowest BCUT2D eigenvalue weighted by molar-refractivity contribution is -0.570. The molecule has 13 rings (SSSR count). The van der Waals surface area contributed by atoms with Crippen molar-refractivity contribution in [1.29, 1.82) is 0 Å². The number of fused-ring (bicyclic) bond motifs is 10. The van der Waals surface area contributed by atoms with E-state index in [1.165, 1.54) is 0 Å². The fraction of sp³-hybridized carbons (Fsp3) is 0.118. The molecule has 3 aromatic heterocycles. The van der Waals surface area contributed by atoms with Crippen molar-refractivity contribution < 1.29 is 23.0 Å². The fourth-order valence-electron chi connectivity index (χ4n) is 10.4. The molecule has 5 nitrogen and oxygen atoms in total. The molecule has 5 heteroatoms. The van der Waals surface area contributed by atoms with Gasteiger partial charge in [0.05, 0.1) is 47.1 Å². The molecule has 0 saturated carbocycles. The van der Waals surface area contributed by atoms with E-state index in [0.717, 1.165) is 61.0 Å². The molecule has 0 amide bonds. The SMILES string of the molecule is [2H]c1c([2H])c([2H])c(-c2cc3c4c(c2)n(-c2cccc(Oc5ccc6c7ccccc7n(-c7cc(C(C)(C)C)ccn7)c6c5)c2)[c-][n+]4-c2c(cccc2-c2c([2H])c([2H])c([2H])c([2H])c2[2H])-c2cc(C(C)(C)C)ccc2-c2ccccc2-3)c([2H])c1[2H]. The third-order valence-electron chi connectivity index (χ3n) is 14.1. The smallest absolute Gasteiger partial charge is 0.269 e. The van der Waals surface area contributed by atoms with Crippen LogP contribution in [0.2, 0.25) is 0 Å². The first-order valence-electron chi connectivity index (χ1n) is 29.5. The standard InChI is InChI=1S/C68H54N4O/c1-67(2,3)47-31-33-55-53-25-13-14-26-54(53)60-37-46(44-19-9-7-10-20-44)38-63-66(60)71(65-52(45-21-11-8-12-22-45)28-18-29-58(65)59(55)39-47)43-70(63)49-23-17-24-50(41-49)73-51-32-34-57-56-27-15-16-30-61(56)72(62(57)42-51)64-40-48(35-36-69-64)68(4,5)6/h7-42H,1-6H3/i7D,8D,9D,10D,11D,12D,19D,20D,21D,22D. The Bertz CT molecular complexity index is 4700. The van der Waals surface area contributed by atoms with Crippen LogP contribution >= 0.6 is 0 Å². The third kappa shape index (κ3) is 7.54. The molecular weight excluding hydrogens is 889 g/mol. The van der Waals surface area contributed by atoms with Gasteiger partial charge in [-0.25, -0.2) is 4.98 Å². The summed E-state index contributed by atoms with van der Waals surface area (Å²) in [6.45, 7) is 13.0. The fourth-order valence-corrected chi connectivity index (χ4v) is 10.4. The second-order valence-electron chi connectivity index (χ2n) is 20.7. The number of nitrogens with zero attached hydrogens (tertiary/aromatic N) is 4. The van der Waals surface area contributed by atoms with Crippen LogP contribution in [0.5, 0.6) is 11.5 Å². The Morgan fingerprint density at radius 3 is 1.90 bits per heavy atom. The van der Waals surface area contributed by atoms with Crippen LogP contribution in [0.4, 0.5) is 0 Å². The lowest BCUT2D eigenvalue weighted by atomic mass is 9.81. The molecule has 73 heavy (non-hydrogen) atoms. The summed E-state index contributed by atoms with van der Waals surface area (Å²) < 4.78 is 103. The quantitative estimate of drug-likeness (QED) is 0.123. The summed E-state index contributed by atoms with van der Waals surface area (Å²) in [6, 6.07) is 45.2. The number of para-hydroxylation sites is 2. The summed E-state index contributed by atoms with van der Waals surface area (Å²) in [7, 11) is 0. The van der Waals surface area contributed by atoms with E-state index >= 15 is 0 Å². The van der Waals surface area contributed by atoms with Gasteiger partial charge in [-0.3, -0.25) is 13.7 Å². The highest BCUT2D eigenvalue weighted by atomic mass is 16.5. The van der Waals surface area contributed by atoms with Gasteiger partial charge in [-0.1, -0.05) is 193 Å². The van der Waals surface area contributed by atoms with Crippen LogP contribution < -0.4 is 9.30 Å². The highest BCUT2D eigenvalue weighted by molar-refractivity contribution is 6.09. The maximum absolute atomic E-state index is 9.42. The first-order valence-corrected chi connectivity index (χ1v) is 24.5. The van der Waals surface area contributed by atoms with Crippen LogP contribution in [-0.4, -0.2) is 14.1 Å². The molecule has 12 aromatic rings.